The molecule has 0 fully saturated rings. The number of benzene rings is 2. The lowest BCUT2D eigenvalue weighted by Gasteiger charge is -2.10. The number of esters is 1. The molecule has 8 heteroatoms. The minimum Gasteiger partial charge on any atom is -0.451 e. The summed E-state index contributed by atoms with van der Waals surface area (Å²) in [5, 5.41) is 5.24. The van der Waals surface area contributed by atoms with Crippen molar-refractivity contribution in [2.24, 2.45) is 0 Å². The largest absolute Gasteiger partial charge is 0.451 e. The zero-order valence-corrected chi connectivity index (χ0v) is 16.0. The average molecular weight is 400 g/mol. The van der Waals surface area contributed by atoms with Crippen molar-refractivity contribution in [3.8, 4) is 0 Å². The van der Waals surface area contributed by atoms with Gasteiger partial charge in [0.1, 0.15) is 10.7 Å². The van der Waals surface area contributed by atoms with Gasteiger partial charge in [-0.25, -0.2) is 14.0 Å². The van der Waals surface area contributed by atoms with Gasteiger partial charge in [-0.3, -0.25) is 10.1 Å². The molecule has 3 rings (SSSR count). The van der Waals surface area contributed by atoms with Gasteiger partial charge in [0.25, 0.3) is 5.91 Å². The monoisotopic (exact) mass is 400 g/mol. The third-order valence-electron chi connectivity index (χ3n) is 3.90. The lowest BCUT2D eigenvalue weighted by molar-refractivity contribution is -0.123. The zero-order valence-electron chi connectivity index (χ0n) is 15.2. The molecule has 2 N–H and O–H groups in total. The number of carbonyl (C=O) groups is 3. The summed E-state index contributed by atoms with van der Waals surface area (Å²) in [5.41, 5.74) is 2.48. The highest BCUT2D eigenvalue weighted by Gasteiger charge is 2.15. The number of amides is 3. The lowest BCUT2D eigenvalue weighted by Crippen LogP contribution is -2.37. The molecule has 1 aromatic heterocycles. The van der Waals surface area contributed by atoms with Gasteiger partial charge in [0.2, 0.25) is 0 Å². The number of fused-ring (bicyclic) bond motifs is 1. The summed E-state index contributed by atoms with van der Waals surface area (Å²) in [4.78, 5) is 36.1. The highest BCUT2D eigenvalue weighted by molar-refractivity contribution is 7.20. The van der Waals surface area contributed by atoms with Crippen LogP contribution in [0.25, 0.3) is 10.1 Å². The number of carbonyl (C=O) groups excluding carboxylic acids is 3. The van der Waals surface area contributed by atoms with Crippen LogP contribution in [0.4, 0.5) is 14.9 Å². The molecule has 0 aliphatic rings. The van der Waals surface area contributed by atoms with Gasteiger partial charge in [-0.2, -0.15) is 0 Å². The second-order valence-electron chi connectivity index (χ2n) is 6.19. The number of aryl methyl sites for hydroxylation is 2. The second-order valence-corrected chi connectivity index (χ2v) is 7.27. The van der Waals surface area contributed by atoms with Gasteiger partial charge in [-0.15, -0.1) is 11.3 Å². The minimum atomic E-state index is -0.761. The molecule has 144 valence electrons. The van der Waals surface area contributed by atoms with Crippen LogP contribution in [0.5, 0.6) is 0 Å². The van der Waals surface area contributed by atoms with Gasteiger partial charge >= 0.3 is 12.0 Å². The maximum absolute atomic E-state index is 13.2. The number of hydrogen-bond acceptors (Lipinski definition) is 5. The van der Waals surface area contributed by atoms with Crippen molar-refractivity contribution in [3.63, 3.8) is 0 Å². The van der Waals surface area contributed by atoms with Crippen molar-refractivity contribution in [2.75, 3.05) is 11.9 Å². The van der Waals surface area contributed by atoms with E-state index in [4.69, 9.17) is 4.74 Å². The van der Waals surface area contributed by atoms with Crippen LogP contribution in [0.1, 0.15) is 20.8 Å². The first-order chi connectivity index (χ1) is 13.3. The Morgan fingerprint density at radius 2 is 1.86 bits per heavy atom. The summed E-state index contributed by atoms with van der Waals surface area (Å²) in [7, 11) is 0. The van der Waals surface area contributed by atoms with E-state index in [2.05, 4.69) is 10.6 Å². The minimum absolute atomic E-state index is 0.244. The quantitative estimate of drug-likeness (QED) is 0.644. The van der Waals surface area contributed by atoms with Gasteiger partial charge in [0.15, 0.2) is 6.61 Å². The fourth-order valence-corrected chi connectivity index (χ4v) is 3.52. The third-order valence-corrected chi connectivity index (χ3v) is 4.99. The van der Waals surface area contributed by atoms with Gasteiger partial charge in [0, 0.05) is 10.4 Å². The van der Waals surface area contributed by atoms with Gasteiger partial charge < -0.3 is 10.1 Å². The SMILES string of the molecule is Cc1ccc(NC(=O)NC(=O)COC(=O)c2cc3cc(F)ccc3s2)c(C)c1. The Hall–Kier alpha value is -3.26. The van der Waals surface area contributed by atoms with E-state index < -0.39 is 30.3 Å². The van der Waals surface area contributed by atoms with Crippen LogP contribution in [0.3, 0.4) is 0 Å². The van der Waals surface area contributed by atoms with Crippen LogP contribution < -0.4 is 10.6 Å². The molecule has 6 nitrogen and oxygen atoms in total. The highest BCUT2D eigenvalue weighted by atomic mass is 32.1. The Balaban J connectivity index is 1.52. The van der Waals surface area contributed by atoms with E-state index in [1.165, 1.54) is 18.2 Å². The van der Waals surface area contributed by atoms with E-state index in [-0.39, 0.29) is 4.88 Å². The number of nitrogens with one attached hydrogen (secondary N) is 2. The number of urea groups is 1. The van der Waals surface area contributed by atoms with E-state index in [9.17, 15) is 18.8 Å². The van der Waals surface area contributed by atoms with Crippen molar-refractivity contribution in [1.29, 1.82) is 0 Å². The summed E-state index contributed by atoms with van der Waals surface area (Å²) in [5.74, 6) is -1.88. The van der Waals surface area contributed by atoms with Crippen LogP contribution in [-0.2, 0) is 9.53 Å². The Morgan fingerprint density at radius 1 is 1.07 bits per heavy atom. The number of rotatable bonds is 4. The molecule has 3 amide bonds. The summed E-state index contributed by atoms with van der Waals surface area (Å²) < 4.78 is 18.9. The maximum Gasteiger partial charge on any atom is 0.348 e. The van der Waals surface area contributed by atoms with E-state index >= 15 is 0 Å². The Bertz CT molecular complexity index is 1080. The Morgan fingerprint density at radius 3 is 2.61 bits per heavy atom. The lowest BCUT2D eigenvalue weighted by atomic mass is 10.1. The van der Waals surface area contributed by atoms with Crippen LogP contribution in [0.15, 0.2) is 42.5 Å². The molecular formula is C20H17FN2O4S. The summed E-state index contributed by atoms with van der Waals surface area (Å²) in [6, 6.07) is 10.4. The Labute approximate surface area is 164 Å². The molecule has 2 aromatic carbocycles. The van der Waals surface area contributed by atoms with Crippen LogP contribution in [-0.4, -0.2) is 24.5 Å². The molecular weight excluding hydrogens is 383 g/mol. The van der Waals surface area contributed by atoms with E-state index in [1.54, 1.807) is 12.1 Å². The number of thiophene rings is 1. The number of anilines is 1. The summed E-state index contributed by atoms with van der Waals surface area (Å²) in [6.45, 7) is 3.16. The van der Waals surface area contributed by atoms with E-state index in [1.807, 2.05) is 26.0 Å². The van der Waals surface area contributed by atoms with Crippen molar-refractivity contribution >= 4 is 45.0 Å². The zero-order chi connectivity index (χ0) is 20.3. The molecule has 0 saturated heterocycles. The standard InChI is InChI=1S/C20H17FN2O4S/c1-11-3-5-15(12(2)7-11)22-20(26)23-18(24)10-27-19(25)17-9-13-8-14(21)4-6-16(13)28-17/h3-9H,10H2,1-2H3,(H2,22,23,24,26). The first-order valence-electron chi connectivity index (χ1n) is 8.36. The predicted molar refractivity (Wildman–Crippen MR) is 105 cm³/mol. The molecule has 28 heavy (non-hydrogen) atoms. The molecule has 0 bridgehead atoms. The molecule has 3 aromatic rings. The molecule has 0 radical (unpaired) electrons. The highest BCUT2D eigenvalue weighted by Crippen LogP contribution is 2.26. The molecule has 0 aliphatic heterocycles. The number of hydrogen-bond donors (Lipinski definition) is 2. The molecule has 0 spiro atoms. The van der Waals surface area contributed by atoms with Crippen LogP contribution in [0.2, 0.25) is 0 Å². The fraction of sp³-hybridized carbons (Fsp3) is 0.150. The Kier molecular flexibility index (Phi) is 5.70. The molecule has 0 atom stereocenters. The van der Waals surface area contributed by atoms with Crippen molar-refractivity contribution < 1.29 is 23.5 Å². The van der Waals surface area contributed by atoms with Gasteiger partial charge in [-0.1, -0.05) is 17.7 Å². The van der Waals surface area contributed by atoms with Gasteiger partial charge in [-0.05, 0) is 55.1 Å². The molecule has 1 heterocycles. The van der Waals surface area contributed by atoms with Gasteiger partial charge in [0.05, 0.1) is 0 Å². The summed E-state index contributed by atoms with van der Waals surface area (Å²) in [6.07, 6.45) is 0. The maximum atomic E-state index is 13.2. The number of imide groups is 1. The number of ether oxygens (including phenoxy) is 1. The first kappa shape index (κ1) is 19.5. The third kappa shape index (κ3) is 4.72. The van der Waals surface area contributed by atoms with E-state index in [0.717, 1.165) is 27.2 Å². The number of halogens is 1. The molecule has 0 aliphatic carbocycles. The fourth-order valence-electron chi connectivity index (χ4n) is 2.59. The van der Waals surface area contributed by atoms with Crippen molar-refractivity contribution in [1.82, 2.24) is 5.32 Å². The smallest absolute Gasteiger partial charge is 0.348 e. The topological polar surface area (TPSA) is 84.5 Å². The van der Waals surface area contributed by atoms with E-state index in [0.29, 0.717) is 11.1 Å². The molecule has 0 unspecified atom stereocenters. The first-order valence-corrected chi connectivity index (χ1v) is 9.18. The van der Waals surface area contributed by atoms with Crippen molar-refractivity contribution in [2.45, 2.75) is 13.8 Å². The summed E-state index contributed by atoms with van der Waals surface area (Å²) >= 11 is 1.13. The van der Waals surface area contributed by atoms with Crippen molar-refractivity contribution in [3.05, 3.63) is 64.3 Å². The van der Waals surface area contributed by atoms with Crippen LogP contribution in [0, 0.1) is 19.7 Å². The normalized spacial score (nSPS) is 10.5. The average Bonchev–Trinajstić information content (AvgIpc) is 3.05. The molecule has 0 saturated carbocycles. The van der Waals surface area contributed by atoms with Crippen LogP contribution >= 0.6 is 11.3 Å². The second kappa shape index (κ2) is 8.18. The predicted octanol–water partition coefficient (Wildman–Crippen LogP) is 4.16.